The van der Waals surface area contributed by atoms with E-state index in [2.05, 4.69) is 42.5 Å². The fourth-order valence-corrected chi connectivity index (χ4v) is 8.45. The summed E-state index contributed by atoms with van der Waals surface area (Å²) < 4.78 is 0. The summed E-state index contributed by atoms with van der Waals surface area (Å²) in [5.74, 6) is -10.4. The predicted molar refractivity (Wildman–Crippen MR) is 290 cm³/mol. The molecule has 25 nitrogen and oxygen atoms in total. The van der Waals surface area contributed by atoms with Gasteiger partial charge in [-0.15, -0.1) is 0 Å². The van der Waals surface area contributed by atoms with Gasteiger partial charge in [0.25, 0.3) is 0 Å². The van der Waals surface area contributed by atoms with Crippen molar-refractivity contribution in [2.24, 2.45) is 22.9 Å². The number of hydrogen-bond donors (Lipinski definition) is 15. The third-order valence-corrected chi connectivity index (χ3v) is 13.1. The molecule has 5 rings (SSSR count). The molecule has 0 aromatic heterocycles. The lowest BCUT2D eigenvalue weighted by Crippen LogP contribution is -2.63. The molecular weight excluding hydrogens is 1060 g/mol. The molecular formula is C54H67ClN12O13. The van der Waals surface area contributed by atoms with Gasteiger partial charge in [0.2, 0.25) is 59.1 Å². The van der Waals surface area contributed by atoms with E-state index >= 15 is 0 Å². The van der Waals surface area contributed by atoms with Crippen LogP contribution >= 0.6 is 11.6 Å². The number of hydrogen-bond acceptors (Lipinski definition) is 15. The minimum atomic E-state index is -1.92. The number of rotatable bonds is 19. The molecule has 0 spiro atoms. The van der Waals surface area contributed by atoms with Gasteiger partial charge in [-0.2, -0.15) is 0 Å². The first-order chi connectivity index (χ1) is 38.0. The van der Waals surface area contributed by atoms with Crippen LogP contribution in [-0.2, 0) is 68.8 Å². The number of halogens is 1. The Hall–Kier alpha value is -8.65. The van der Waals surface area contributed by atoms with E-state index in [0.717, 1.165) is 6.92 Å². The van der Waals surface area contributed by atoms with Crippen LogP contribution in [0.4, 0.5) is 0 Å². The van der Waals surface area contributed by atoms with E-state index in [0.29, 0.717) is 33.7 Å². The van der Waals surface area contributed by atoms with Gasteiger partial charge < -0.3 is 80.8 Å². The zero-order chi connectivity index (χ0) is 58.6. The molecule has 1 aliphatic heterocycles. The molecule has 4 aromatic carbocycles. The van der Waals surface area contributed by atoms with Crippen LogP contribution in [0.5, 0.6) is 11.5 Å². The van der Waals surface area contributed by atoms with Crippen molar-refractivity contribution in [1.82, 2.24) is 42.5 Å². The van der Waals surface area contributed by atoms with Gasteiger partial charge in [0, 0.05) is 36.4 Å². The summed E-state index contributed by atoms with van der Waals surface area (Å²) in [6.45, 7) is 0.561. The number of nitrogens with one attached hydrogen (secondary N) is 8. The van der Waals surface area contributed by atoms with E-state index < -0.39 is 126 Å². The van der Waals surface area contributed by atoms with E-state index in [1.165, 1.54) is 72.8 Å². The molecule has 0 unspecified atom stereocenters. The lowest BCUT2D eigenvalue weighted by molar-refractivity contribution is -0.138. The number of amides is 10. The molecule has 10 amide bonds. The van der Waals surface area contributed by atoms with Gasteiger partial charge in [-0.1, -0.05) is 60.1 Å². The summed E-state index contributed by atoms with van der Waals surface area (Å²) in [6, 6.07) is 10.3. The number of carbonyl (C=O) groups is 10. The smallest absolute Gasteiger partial charge is 0.248 e. The molecule has 26 heteroatoms. The van der Waals surface area contributed by atoms with Crippen molar-refractivity contribution in [3.8, 4) is 11.5 Å². The number of carbonyl (C=O) groups excluding carboxylic acids is 10. The fourth-order valence-electron chi connectivity index (χ4n) is 8.33. The van der Waals surface area contributed by atoms with E-state index in [1.54, 1.807) is 24.3 Å². The zero-order valence-electron chi connectivity index (χ0n) is 43.6. The lowest BCUT2D eigenvalue weighted by Gasteiger charge is -2.29. The van der Waals surface area contributed by atoms with Crippen LogP contribution in [0.25, 0.3) is 0 Å². The number of phenols is 2. The van der Waals surface area contributed by atoms with E-state index in [-0.39, 0.29) is 62.1 Å². The van der Waals surface area contributed by atoms with Crippen LogP contribution in [0.1, 0.15) is 65.2 Å². The lowest BCUT2D eigenvalue weighted by atomic mass is 10.00. The Balaban J connectivity index is 1.60. The second kappa shape index (κ2) is 29.9. The number of benzene rings is 4. The average molecular weight is 1130 g/mol. The number of aromatic hydroxyl groups is 2. The predicted octanol–water partition coefficient (Wildman–Crippen LogP) is -2.64. The average Bonchev–Trinajstić information content (AvgIpc) is 3.43. The Morgan fingerprint density at radius 3 is 1.69 bits per heavy atom. The van der Waals surface area contributed by atoms with Crippen molar-refractivity contribution in [1.29, 1.82) is 0 Å². The minimum absolute atomic E-state index is 0.0540. The maximum absolute atomic E-state index is 14.7. The first-order valence-electron chi connectivity index (χ1n) is 25.5. The summed E-state index contributed by atoms with van der Waals surface area (Å²) in [5, 5.41) is 51.3. The van der Waals surface area contributed by atoms with Crippen LogP contribution in [0, 0.1) is 0 Å². The third kappa shape index (κ3) is 19.4. The van der Waals surface area contributed by atoms with Crippen molar-refractivity contribution >= 4 is 70.7 Å². The van der Waals surface area contributed by atoms with Gasteiger partial charge in [-0.05, 0) is 110 Å². The van der Waals surface area contributed by atoms with Gasteiger partial charge >= 0.3 is 0 Å². The van der Waals surface area contributed by atoms with Gasteiger partial charge in [-0.3, -0.25) is 47.9 Å². The summed E-state index contributed by atoms with van der Waals surface area (Å²) in [5.41, 5.74) is 25.1. The van der Waals surface area contributed by atoms with Gasteiger partial charge in [0.05, 0.1) is 18.6 Å². The molecule has 0 bridgehead atoms. The van der Waals surface area contributed by atoms with Gasteiger partial charge in [0.1, 0.15) is 53.8 Å². The number of aliphatic hydroxyl groups excluding tert-OH is 1. The molecule has 0 saturated carbocycles. The highest BCUT2D eigenvalue weighted by Gasteiger charge is 2.37. The maximum Gasteiger partial charge on any atom is 0.248 e. The van der Waals surface area contributed by atoms with Gasteiger partial charge in [-0.25, -0.2) is 0 Å². The molecule has 4 aromatic rings. The van der Waals surface area contributed by atoms with Crippen molar-refractivity contribution < 1.29 is 63.3 Å². The standard InChI is InChI=1S/C54H67ClN12O13/c1-28(68)45-54(80)65-42(52(78)62-39(47(59)73)23-31-9-17-35(69)18-10-31)26-44(71)60-27-43(66-48(74)37(57)22-29-7-15-34(55)16-8-29)53(79)64-41(25-32-11-19-36(70)20-12-32)51(77)63-40(24-30-5-13-33(14-6-30)46(58)72)50(76)61-38(49(75)67-45)4-2-3-21-56/h5-20,28,37-43,45,68-70H,2-4,21-27,56-57H2,1H3,(H2,58,72)(H2,59,73)(H,60,71)(H,61,76)(H,62,78)(H,63,77)(H,64,79)(H,65,80)(H,66,74)(H,67,75)/t28-,37+,38+,39-,40-,41+,42+,43-,45+/m1/s1. The van der Waals surface area contributed by atoms with Crippen LogP contribution in [0.2, 0.25) is 5.02 Å². The van der Waals surface area contributed by atoms with E-state index in [1.807, 2.05) is 0 Å². The topological polar surface area (TPSA) is 432 Å². The van der Waals surface area contributed by atoms with E-state index in [4.69, 9.17) is 34.5 Å². The maximum atomic E-state index is 14.7. The van der Waals surface area contributed by atoms with Crippen LogP contribution in [0.15, 0.2) is 97.1 Å². The molecule has 1 saturated heterocycles. The summed E-state index contributed by atoms with van der Waals surface area (Å²) in [4.78, 5) is 139. The number of aliphatic hydroxyl groups is 1. The van der Waals surface area contributed by atoms with Crippen molar-refractivity contribution in [2.75, 3.05) is 13.1 Å². The minimum Gasteiger partial charge on any atom is -0.508 e. The second-order valence-corrected chi connectivity index (χ2v) is 19.7. The first-order valence-corrected chi connectivity index (χ1v) is 25.9. The van der Waals surface area contributed by atoms with Crippen molar-refractivity contribution in [2.45, 2.75) is 113 Å². The number of phenolic OH excluding ortho intramolecular Hbond substituents is 2. The molecule has 0 aliphatic carbocycles. The summed E-state index contributed by atoms with van der Waals surface area (Å²) >= 11 is 6.05. The molecule has 1 heterocycles. The largest absolute Gasteiger partial charge is 0.508 e. The molecule has 428 valence electrons. The Morgan fingerprint density at radius 1 is 0.650 bits per heavy atom. The van der Waals surface area contributed by atoms with E-state index in [9.17, 15) is 63.3 Å². The quantitative estimate of drug-likeness (QED) is 0.0427. The SMILES string of the molecule is C[C@@H](O)[C@@H]1NC(=O)[C@H](CCCCN)NC(=O)[C@@H](Cc2ccc(C(N)=O)cc2)NC(=O)[C@H](Cc2ccc(O)cc2)NC(=O)[C@H](NC(=O)[C@@H](N)Cc2ccc(Cl)cc2)CNC(=O)C[C@@H](C(=O)N[C@H](Cc2ccc(O)cc2)C(N)=O)NC1=O. The van der Waals surface area contributed by atoms with Crippen LogP contribution < -0.4 is 65.5 Å². The molecule has 9 atom stereocenters. The Bertz CT molecular complexity index is 2840. The normalized spacial score (nSPS) is 20.9. The zero-order valence-corrected chi connectivity index (χ0v) is 44.4. The first kappa shape index (κ1) is 62.2. The number of nitrogens with two attached hydrogens (primary N) is 4. The molecule has 1 fully saturated rings. The monoisotopic (exact) mass is 1130 g/mol. The Morgan fingerprint density at radius 2 is 1.15 bits per heavy atom. The summed E-state index contributed by atoms with van der Waals surface area (Å²) in [7, 11) is 0. The highest BCUT2D eigenvalue weighted by Crippen LogP contribution is 2.16. The Kier molecular flexibility index (Phi) is 23.3. The highest BCUT2D eigenvalue weighted by atomic mass is 35.5. The second-order valence-electron chi connectivity index (χ2n) is 19.2. The van der Waals surface area contributed by atoms with Gasteiger partial charge in [0.15, 0.2) is 0 Å². The summed E-state index contributed by atoms with van der Waals surface area (Å²) in [6.07, 6.45) is -3.04. The molecule has 80 heavy (non-hydrogen) atoms. The highest BCUT2D eigenvalue weighted by molar-refractivity contribution is 6.30. The van der Waals surface area contributed by atoms with Crippen molar-refractivity contribution in [3.05, 3.63) is 130 Å². The third-order valence-electron chi connectivity index (χ3n) is 12.9. The molecule has 19 N–H and O–H groups in total. The number of primary amides is 2. The molecule has 0 radical (unpaired) electrons. The van der Waals surface area contributed by atoms with Crippen molar-refractivity contribution in [3.63, 3.8) is 0 Å². The number of unbranched alkanes of at least 4 members (excludes halogenated alkanes) is 1. The van der Waals surface area contributed by atoms with Crippen LogP contribution in [0.3, 0.4) is 0 Å². The fraction of sp³-hybridized carbons (Fsp3) is 0.370. The van der Waals surface area contributed by atoms with Crippen LogP contribution in [-0.4, -0.2) is 142 Å². The molecule has 1 aliphatic rings. The Labute approximate surface area is 465 Å².